The van der Waals surface area contributed by atoms with E-state index in [0.29, 0.717) is 24.9 Å². The van der Waals surface area contributed by atoms with Gasteiger partial charge < -0.3 is 20.7 Å². The van der Waals surface area contributed by atoms with Gasteiger partial charge in [0.05, 0.1) is 6.10 Å². The molecule has 1 aliphatic carbocycles. The van der Waals surface area contributed by atoms with Gasteiger partial charge in [0.15, 0.2) is 0 Å². The van der Waals surface area contributed by atoms with Crippen molar-refractivity contribution >= 4 is 11.7 Å². The van der Waals surface area contributed by atoms with Gasteiger partial charge in [-0.2, -0.15) is 0 Å². The predicted octanol–water partition coefficient (Wildman–Crippen LogP) is 2.53. The topological polar surface area (TPSA) is 86.4 Å². The molecule has 0 fully saturated rings. The van der Waals surface area contributed by atoms with E-state index in [0.717, 1.165) is 17.5 Å². The zero-order valence-electron chi connectivity index (χ0n) is 14.4. The molecule has 0 amide bonds. The number of hydrogen-bond acceptors (Lipinski definition) is 4. The number of allylic oxidation sites excluding steroid dienone is 3. The molecule has 4 heteroatoms. The van der Waals surface area contributed by atoms with Crippen LogP contribution in [0.3, 0.4) is 0 Å². The lowest BCUT2D eigenvalue weighted by Crippen LogP contribution is -2.43. The first kappa shape index (κ1) is 18.3. The van der Waals surface area contributed by atoms with Crippen LogP contribution in [0.2, 0.25) is 0 Å². The minimum atomic E-state index is -1.08. The van der Waals surface area contributed by atoms with Crippen LogP contribution in [0, 0.1) is 11.3 Å². The van der Waals surface area contributed by atoms with Crippen LogP contribution < -0.4 is 10.8 Å². The van der Waals surface area contributed by atoms with E-state index in [2.05, 4.69) is 0 Å². The number of carboxylic acid groups (broad SMARTS) is 1. The molecule has 0 spiro atoms. The normalized spacial score (nSPS) is 24.0. The molecule has 24 heavy (non-hydrogen) atoms. The van der Waals surface area contributed by atoms with Gasteiger partial charge in [0.2, 0.25) is 0 Å². The van der Waals surface area contributed by atoms with Crippen molar-refractivity contribution in [1.29, 1.82) is 0 Å². The van der Waals surface area contributed by atoms with Crippen molar-refractivity contribution in [2.24, 2.45) is 11.3 Å². The van der Waals surface area contributed by atoms with E-state index in [1.165, 1.54) is 0 Å². The number of hydrogen-bond donors (Lipinski definition) is 2. The molecule has 3 unspecified atom stereocenters. The van der Waals surface area contributed by atoms with Crippen LogP contribution in [0.25, 0.3) is 0 Å². The summed E-state index contributed by atoms with van der Waals surface area (Å²) >= 11 is 0. The van der Waals surface area contributed by atoms with Crippen LogP contribution in [0.4, 0.5) is 5.69 Å². The molecule has 4 nitrogen and oxygen atoms in total. The minimum Gasteiger partial charge on any atom is -0.549 e. The molecule has 0 saturated heterocycles. The molecular formula is C20H26NO3-. The molecule has 0 aliphatic heterocycles. The fraction of sp³-hybridized carbons (Fsp3) is 0.450. The van der Waals surface area contributed by atoms with Gasteiger partial charge in [0.25, 0.3) is 0 Å². The Kier molecular flexibility index (Phi) is 5.84. The highest BCUT2D eigenvalue weighted by molar-refractivity contribution is 5.72. The minimum absolute atomic E-state index is 0.464. The van der Waals surface area contributed by atoms with Gasteiger partial charge in [-0.3, -0.25) is 0 Å². The Labute approximate surface area is 143 Å². The Morgan fingerprint density at radius 2 is 2.12 bits per heavy atom. The first-order chi connectivity index (χ1) is 11.4. The number of nitrogens with two attached hydrogens (primary N) is 1. The van der Waals surface area contributed by atoms with Crippen molar-refractivity contribution < 1.29 is 15.0 Å². The molecule has 0 heterocycles. The number of aliphatic hydroxyl groups is 1. The number of benzene rings is 1. The highest BCUT2D eigenvalue weighted by atomic mass is 16.4. The Hall–Kier alpha value is -2.07. The van der Waals surface area contributed by atoms with Gasteiger partial charge in [0.1, 0.15) is 0 Å². The second kappa shape index (κ2) is 7.67. The number of rotatable bonds is 7. The fourth-order valence-corrected chi connectivity index (χ4v) is 3.56. The number of carbonyl (C=O) groups excluding carboxylic acids is 1. The molecule has 1 aliphatic rings. The first-order valence-corrected chi connectivity index (χ1v) is 8.57. The van der Waals surface area contributed by atoms with Crippen molar-refractivity contribution in [3.63, 3.8) is 0 Å². The number of nitrogen functional groups attached to an aromatic ring is 1. The Morgan fingerprint density at radius 1 is 1.38 bits per heavy atom. The third-order valence-corrected chi connectivity index (χ3v) is 5.05. The van der Waals surface area contributed by atoms with Gasteiger partial charge in [0, 0.05) is 23.0 Å². The summed E-state index contributed by atoms with van der Waals surface area (Å²) in [6, 6.07) is 5.52. The third kappa shape index (κ3) is 3.54. The van der Waals surface area contributed by atoms with Gasteiger partial charge in [-0.1, -0.05) is 56.7 Å². The third-order valence-electron chi connectivity index (χ3n) is 5.05. The Balaban J connectivity index is 2.46. The summed E-state index contributed by atoms with van der Waals surface area (Å²) in [4.78, 5) is 11.6. The lowest BCUT2D eigenvalue weighted by atomic mass is 9.66. The number of carboxylic acids is 1. The maximum absolute atomic E-state index is 11.6. The van der Waals surface area contributed by atoms with Crippen molar-refractivity contribution in [3.05, 3.63) is 53.6 Å². The Bertz CT molecular complexity index is 650. The summed E-state index contributed by atoms with van der Waals surface area (Å²) in [6.45, 7) is 3.99. The van der Waals surface area contributed by atoms with E-state index >= 15 is 0 Å². The molecule has 2 rings (SSSR count). The summed E-state index contributed by atoms with van der Waals surface area (Å²) in [5.74, 6) is -1.79. The maximum atomic E-state index is 11.6. The zero-order chi connectivity index (χ0) is 17.7. The second-order valence-electron chi connectivity index (χ2n) is 6.52. The monoisotopic (exact) mass is 328 g/mol. The van der Waals surface area contributed by atoms with Crippen LogP contribution in [-0.4, -0.2) is 11.1 Å². The SMILES string of the molecule is CCCC(O)c1cccc(N)c1CC1(CC)C=CC=CC1C(=O)[O-]. The smallest absolute Gasteiger partial charge is 0.0793 e. The van der Waals surface area contributed by atoms with Gasteiger partial charge in [-0.05, 0) is 36.5 Å². The molecular weight excluding hydrogens is 302 g/mol. The number of carbonyl (C=O) groups is 1. The summed E-state index contributed by atoms with van der Waals surface area (Å²) in [6.07, 6.45) is 9.27. The van der Waals surface area contributed by atoms with Crippen LogP contribution >= 0.6 is 0 Å². The summed E-state index contributed by atoms with van der Waals surface area (Å²) in [5.41, 5.74) is 7.83. The first-order valence-electron chi connectivity index (χ1n) is 8.57. The molecule has 0 radical (unpaired) electrons. The van der Waals surface area contributed by atoms with E-state index in [9.17, 15) is 15.0 Å². The van der Waals surface area contributed by atoms with E-state index in [1.807, 2.05) is 38.1 Å². The molecule has 3 atom stereocenters. The van der Waals surface area contributed by atoms with Crippen LogP contribution in [0.15, 0.2) is 42.5 Å². The van der Waals surface area contributed by atoms with E-state index in [1.54, 1.807) is 18.2 Å². The summed E-state index contributed by atoms with van der Waals surface area (Å²) < 4.78 is 0. The summed E-state index contributed by atoms with van der Waals surface area (Å²) in [7, 11) is 0. The van der Waals surface area contributed by atoms with Gasteiger partial charge in [-0.25, -0.2) is 0 Å². The van der Waals surface area contributed by atoms with E-state index < -0.39 is 23.4 Å². The second-order valence-corrected chi connectivity index (χ2v) is 6.52. The van der Waals surface area contributed by atoms with Crippen LogP contribution in [0.1, 0.15) is 50.3 Å². The van der Waals surface area contributed by atoms with E-state index in [4.69, 9.17) is 5.73 Å². The maximum Gasteiger partial charge on any atom is 0.0793 e. The molecule has 1 aromatic rings. The average Bonchev–Trinajstić information content (AvgIpc) is 2.57. The average molecular weight is 328 g/mol. The largest absolute Gasteiger partial charge is 0.549 e. The molecule has 0 aromatic heterocycles. The van der Waals surface area contributed by atoms with E-state index in [-0.39, 0.29) is 0 Å². The summed E-state index contributed by atoms with van der Waals surface area (Å²) in [5, 5.41) is 22.1. The quantitative estimate of drug-likeness (QED) is 0.753. The molecule has 3 N–H and O–H groups in total. The predicted molar refractivity (Wildman–Crippen MR) is 93.9 cm³/mol. The highest BCUT2D eigenvalue weighted by Crippen LogP contribution is 2.42. The number of aliphatic carboxylic acids is 1. The fourth-order valence-electron chi connectivity index (χ4n) is 3.56. The van der Waals surface area contributed by atoms with Crippen molar-refractivity contribution in [1.82, 2.24) is 0 Å². The van der Waals surface area contributed by atoms with Gasteiger partial charge in [-0.15, -0.1) is 0 Å². The number of aliphatic hydroxyl groups excluding tert-OH is 1. The van der Waals surface area contributed by atoms with Crippen LogP contribution in [-0.2, 0) is 11.2 Å². The molecule has 130 valence electrons. The molecule has 0 saturated carbocycles. The number of anilines is 1. The van der Waals surface area contributed by atoms with Gasteiger partial charge >= 0.3 is 0 Å². The lowest BCUT2D eigenvalue weighted by molar-refractivity contribution is -0.312. The van der Waals surface area contributed by atoms with Crippen molar-refractivity contribution in [2.75, 3.05) is 5.73 Å². The zero-order valence-corrected chi connectivity index (χ0v) is 14.4. The molecule has 1 aromatic carbocycles. The van der Waals surface area contributed by atoms with Crippen LogP contribution in [0.5, 0.6) is 0 Å². The van der Waals surface area contributed by atoms with Crippen molar-refractivity contribution in [2.45, 2.75) is 45.6 Å². The lowest BCUT2D eigenvalue weighted by Gasteiger charge is -2.39. The van der Waals surface area contributed by atoms with Crippen molar-refractivity contribution in [3.8, 4) is 0 Å². The molecule has 0 bridgehead atoms. The standard InChI is InChI=1S/C20H27NO3/c1-3-8-18(22)14-9-7-11-17(21)15(14)13-20(4-2)12-6-5-10-16(20)19(23)24/h5-7,9-12,16,18,22H,3-4,8,13,21H2,1-2H3,(H,23,24)/p-1. The Morgan fingerprint density at radius 3 is 2.75 bits per heavy atom. The highest BCUT2D eigenvalue weighted by Gasteiger charge is 2.37.